The van der Waals surface area contributed by atoms with E-state index in [1.807, 2.05) is 42.9 Å². The molecule has 568 valence electrons. The van der Waals surface area contributed by atoms with E-state index < -0.39 is 5.97 Å². The Morgan fingerprint density at radius 3 is 1.21 bits per heavy atom. The van der Waals surface area contributed by atoms with Crippen LogP contribution < -0.4 is 4.74 Å². The molecule has 2 N–H and O–H groups in total. The van der Waals surface area contributed by atoms with Gasteiger partial charge in [0.15, 0.2) is 0 Å². The zero-order chi connectivity index (χ0) is 78.2. The van der Waals surface area contributed by atoms with Gasteiger partial charge in [0.2, 0.25) is 0 Å². The first kappa shape index (κ1) is 78.2. The van der Waals surface area contributed by atoms with E-state index in [9.17, 15) is 9.90 Å². The molecule has 19 aromatic rings. The number of ether oxygens (including phenoxy) is 1. The second-order valence-electron chi connectivity index (χ2n) is 29.4. The third kappa shape index (κ3) is 15.0. The number of hydrogen-bond acceptors (Lipinski definition) is 8. The summed E-state index contributed by atoms with van der Waals surface area (Å²) in [4.78, 5) is 33.0. The Hall–Kier alpha value is -11.5. The van der Waals surface area contributed by atoms with Crippen molar-refractivity contribution in [2.75, 3.05) is 0 Å². The standard InChI is InChI=1S/C45H38N4O.C27H26N2O.C18H13BrN2.C6H5NO2.CH4.Cu.HI/c1-27(2)32-13-10-14-33(28(3)4)44(32)42-26-47-45-38-24-30(17-19-34(38)35-11-6-9-16-40(35)49(42)45)50-31-18-20-37-36-12-7-8-15-39(36)48(41(37)25-31)43-23-29(5)21-22-46-43;1-16(2)19-9-7-10-20(17(3)4)26(19)25-15-28-27-23-14-18(30)12-13-21(23)22-8-5-6-11-24(22)29(25)27;1-12-8-9-20-18(10-12)21-16-5-3-2-4-14(16)15-7-6-13(19)11-17(15)21;8-6(9)5-3-1-2-4-7-5;;;/h6-28H,1-5H3;5-17,30H,1-4H3;2-11H,1H3;1-4H,(H,8,9);1H4;;1H/q;;;;;+1;/p-1. The number of carboxylic acid groups (broad SMARTS) is 1. The molecule has 0 unspecified atom stereocenters. The van der Waals surface area contributed by atoms with Crippen LogP contribution in [0, 0.1) is 13.8 Å². The molecular weight excluding hydrogens is 1630 g/mol. The number of nitrogens with zero attached hydrogens (tertiary/aromatic N) is 9. The number of aromatic carboxylic acids is 1. The van der Waals surface area contributed by atoms with Crippen LogP contribution in [0.2, 0.25) is 0 Å². The summed E-state index contributed by atoms with van der Waals surface area (Å²) < 4.78 is 16.8. The molecule has 0 spiro atoms. The molecule has 0 radical (unpaired) electrons. The van der Waals surface area contributed by atoms with Gasteiger partial charge in [0.05, 0.1) is 56.9 Å². The molecule has 113 heavy (non-hydrogen) atoms. The van der Waals surface area contributed by atoms with Gasteiger partial charge in [-0.05, 0) is 203 Å². The number of aromatic nitrogens is 9. The van der Waals surface area contributed by atoms with Gasteiger partial charge in [0, 0.05) is 83.3 Å². The van der Waals surface area contributed by atoms with Gasteiger partial charge in [-0.15, -0.1) is 0 Å². The Kier molecular flexibility index (Phi) is 23.1. The summed E-state index contributed by atoms with van der Waals surface area (Å²) in [6, 6.07) is 85.2. The van der Waals surface area contributed by atoms with Gasteiger partial charge >= 0.3 is 39.1 Å². The van der Waals surface area contributed by atoms with E-state index in [1.54, 1.807) is 38.5 Å². The molecular formula is C97H86BrCuIN9O4. The fourth-order valence-electron chi connectivity index (χ4n) is 15.7. The zero-order valence-corrected chi connectivity index (χ0v) is 68.3. The molecule has 0 bridgehead atoms. The molecule has 16 heteroatoms. The molecule has 10 aromatic carbocycles. The van der Waals surface area contributed by atoms with Crippen LogP contribution in [0.15, 0.2) is 284 Å². The molecule has 0 amide bonds. The van der Waals surface area contributed by atoms with Gasteiger partial charge in [-0.1, -0.05) is 200 Å². The number of halogens is 2. The molecule has 19 rings (SSSR count). The Bertz CT molecular complexity index is 6730. The minimum absolute atomic E-state index is 0. The number of phenols is 1. The molecule has 9 aromatic heterocycles. The SMILES string of the molecule is C.CC(C)c1cccc(C(C)C)c1-c1cnc2c3cc(O)ccc3c3ccccc3n12.Cc1ccnc(-n2c3ccccc3c3ccc(Br)cc32)c1.Cc1ccnc(-n2c3ccccc3c3ccc(Oc4ccc5c6ccccc6n6c(-c7c(C(C)C)cccc7C(C)C)cnc6c5c4)cc32)c1.O=C(O)c1ccccn1.[Cu][I]. The minimum atomic E-state index is -0.990. The van der Waals surface area contributed by atoms with Crippen LogP contribution in [0.3, 0.4) is 0 Å². The fraction of sp³-hybridized carbons (Fsp3) is 0.155. The van der Waals surface area contributed by atoms with Crippen molar-refractivity contribution in [2.45, 2.75) is 100 Å². The van der Waals surface area contributed by atoms with Crippen molar-refractivity contribution >= 4 is 141 Å². The number of fused-ring (bicyclic) bond motifs is 18. The van der Waals surface area contributed by atoms with Gasteiger partial charge in [-0.3, -0.25) is 17.9 Å². The number of phenolic OH excluding ortho intramolecular Hbond substituents is 1. The number of rotatable bonds is 11. The number of aryl methyl sites for hydroxylation is 2. The Morgan fingerprint density at radius 1 is 0.389 bits per heavy atom. The van der Waals surface area contributed by atoms with E-state index in [4.69, 9.17) is 24.8 Å². The number of benzene rings is 10. The van der Waals surface area contributed by atoms with Gasteiger partial charge in [0.1, 0.15) is 45.9 Å². The summed E-state index contributed by atoms with van der Waals surface area (Å²) in [5.74, 6) is 4.20. The molecule has 13 nitrogen and oxygen atoms in total. The third-order valence-corrected chi connectivity index (χ3v) is 21.3. The fourth-order valence-corrected chi connectivity index (χ4v) is 16.1. The average molecular weight is 1710 g/mol. The number of para-hydroxylation sites is 4. The molecule has 0 saturated carbocycles. The van der Waals surface area contributed by atoms with Crippen molar-refractivity contribution < 1.29 is 32.5 Å². The normalized spacial score (nSPS) is 11.4. The quantitative estimate of drug-likeness (QED) is 0.0733. The van der Waals surface area contributed by atoms with Crippen molar-refractivity contribution in [3.63, 3.8) is 0 Å². The van der Waals surface area contributed by atoms with Crippen LogP contribution in [-0.2, 0) is 12.8 Å². The first-order chi connectivity index (χ1) is 54.4. The number of carbonyl (C=O) groups is 1. The molecule has 0 fully saturated rings. The van der Waals surface area contributed by atoms with Crippen molar-refractivity contribution in [1.82, 2.24) is 42.9 Å². The van der Waals surface area contributed by atoms with Gasteiger partial charge in [-0.2, -0.15) is 0 Å². The van der Waals surface area contributed by atoms with Crippen LogP contribution in [0.4, 0.5) is 0 Å². The number of imidazole rings is 2. The summed E-state index contributed by atoms with van der Waals surface area (Å²) in [6.45, 7) is 22.3. The third-order valence-electron chi connectivity index (χ3n) is 20.8. The van der Waals surface area contributed by atoms with E-state index in [0.29, 0.717) is 23.7 Å². The second kappa shape index (κ2) is 33.4. The van der Waals surface area contributed by atoms with Crippen LogP contribution >= 0.6 is 36.3 Å². The Balaban J connectivity index is 0.000000142. The Morgan fingerprint density at radius 2 is 0.779 bits per heavy atom. The molecule has 0 aliphatic carbocycles. The first-order valence-corrected chi connectivity index (χ1v) is 41.3. The van der Waals surface area contributed by atoms with Crippen LogP contribution in [0.1, 0.15) is 130 Å². The number of aromatic hydroxyl groups is 1. The number of pyridine rings is 5. The summed E-state index contributed by atoms with van der Waals surface area (Å²) in [7, 11) is 0. The topological polar surface area (TPSA) is 150 Å². The van der Waals surface area contributed by atoms with Gasteiger partial charge in [0.25, 0.3) is 0 Å². The molecule has 0 aliphatic rings. The van der Waals surface area contributed by atoms with E-state index in [1.165, 1.54) is 89.3 Å². The van der Waals surface area contributed by atoms with Crippen LogP contribution in [-0.4, -0.2) is 59.0 Å². The summed E-state index contributed by atoms with van der Waals surface area (Å²) in [5.41, 5.74) is 21.2. The predicted octanol–water partition coefficient (Wildman–Crippen LogP) is 27.0. The molecule has 9 heterocycles. The van der Waals surface area contributed by atoms with E-state index in [0.717, 1.165) is 105 Å². The second-order valence-corrected chi connectivity index (χ2v) is 30.3. The molecule has 0 aliphatic heterocycles. The van der Waals surface area contributed by atoms with Crippen molar-refractivity contribution in [2.24, 2.45) is 0 Å². The summed E-state index contributed by atoms with van der Waals surface area (Å²) in [5, 5.41) is 30.0. The van der Waals surface area contributed by atoms with Crippen LogP contribution in [0.5, 0.6) is 17.2 Å². The summed E-state index contributed by atoms with van der Waals surface area (Å²) >= 11 is 9.45. The monoisotopic (exact) mass is 1710 g/mol. The summed E-state index contributed by atoms with van der Waals surface area (Å²) in [6.07, 6.45) is 9.25. The molecule has 0 saturated heterocycles. The predicted molar refractivity (Wildman–Crippen MR) is 476 cm³/mol. The maximum atomic E-state index is 10.2. The number of carboxylic acids is 1. The molecule has 0 atom stereocenters. The zero-order valence-electron chi connectivity index (χ0n) is 63.7. The maximum absolute atomic E-state index is 10.2. The Labute approximate surface area is 685 Å². The van der Waals surface area contributed by atoms with E-state index in [2.05, 4.69) is 332 Å². The van der Waals surface area contributed by atoms with Crippen LogP contribution in [0.25, 0.3) is 132 Å². The first-order valence-electron chi connectivity index (χ1n) is 37.5. The van der Waals surface area contributed by atoms with Crippen molar-refractivity contribution in [3.8, 4) is 51.4 Å². The van der Waals surface area contributed by atoms with E-state index in [-0.39, 0.29) is 18.9 Å². The number of hydrogen-bond donors (Lipinski definition) is 2. The van der Waals surface area contributed by atoms with Crippen molar-refractivity contribution in [3.05, 3.63) is 323 Å². The average Bonchev–Trinajstić information content (AvgIpc) is 1.67. The van der Waals surface area contributed by atoms with E-state index >= 15 is 0 Å². The van der Waals surface area contributed by atoms with Crippen molar-refractivity contribution in [1.29, 1.82) is 0 Å². The van der Waals surface area contributed by atoms with Gasteiger partial charge in [-0.25, -0.2) is 29.7 Å². The van der Waals surface area contributed by atoms with Gasteiger partial charge < -0.3 is 14.9 Å².